The first-order valence-electron chi connectivity index (χ1n) is 5.43. The fourth-order valence-electron chi connectivity index (χ4n) is 2.04. The Bertz CT molecular complexity index is 638. The molecule has 1 aromatic heterocycles. The molecule has 2 aromatic rings. The largest absolute Gasteiger partial charge is 0.478 e. The van der Waals surface area contributed by atoms with Gasteiger partial charge in [0.15, 0.2) is 0 Å². The van der Waals surface area contributed by atoms with Gasteiger partial charge in [-0.1, -0.05) is 43.1 Å². The Balaban J connectivity index is 2.94. The molecule has 0 aliphatic rings. The second kappa shape index (κ2) is 4.75. The van der Waals surface area contributed by atoms with Gasteiger partial charge in [-0.15, -0.1) is 0 Å². The maximum absolute atomic E-state index is 11.3. The van der Waals surface area contributed by atoms with Crippen molar-refractivity contribution in [3.8, 4) is 0 Å². The third kappa shape index (κ3) is 2.16. The van der Waals surface area contributed by atoms with Gasteiger partial charge in [0.25, 0.3) is 0 Å². The minimum Gasteiger partial charge on any atom is -0.478 e. The lowest BCUT2D eigenvalue weighted by atomic mass is 9.94. The van der Waals surface area contributed by atoms with Gasteiger partial charge >= 0.3 is 5.97 Å². The monoisotopic (exact) mass is 283 g/mol. The van der Waals surface area contributed by atoms with Crippen LogP contribution >= 0.6 is 23.2 Å². The molecule has 1 aromatic carbocycles. The van der Waals surface area contributed by atoms with Gasteiger partial charge in [-0.2, -0.15) is 0 Å². The zero-order chi connectivity index (χ0) is 13.4. The van der Waals surface area contributed by atoms with Gasteiger partial charge in [0, 0.05) is 10.4 Å². The number of benzene rings is 1. The highest BCUT2D eigenvalue weighted by Crippen LogP contribution is 2.33. The third-order valence-corrected chi connectivity index (χ3v) is 3.24. The van der Waals surface area contributed by atoms with E-state index in [0.717, 1.165) is 5.39 Å². The number of carboxylic acids is 1. The fourth-order valence-corrected chi connectivity index (χ4v) is 2.48. The number of fused-ring (bicyclic) bond motifs is 1. The van der Waals surface area contributed by atoms with E-state index in [1.807, 2.05) is 13.8 Å². The third-order valence-electron chi connectivity index (χ3n) is 2.74. The number of aromatic carboxylic acids is 1. The summed E-state index contributed by atoms with van der Waals surface area (Å²) < 4.78 is 0. The van der Waals surface area contributed by atoms with E-state index in [0.29, 0.717) is 16.1 Å². The first kappa shape index (κ1) is 13.1. The molecule has 0 bridgehead atoms. The predicted octanol–water partition coefficient (Wildman–Crippen LogP) is 4.36. The lowest BCUT2D eigenvalue weighted by Crippen LogP contribution is -2.07. The standard InChI is InChI=1S/C13H11Cl2NO2/c1-6(2)10-8-4-3-7(14)5-9(8)16-12(15)11(10)13(17)18/h3-6H,1-2H3,(H,17,18). The second-order valence-corrected chi connectivity index (χ2v) is 5.11. The highest BCUT2D eigenvalue weighted by Gasteiger charge is 2.21. The van der Waals surface area contributed by atoms with E-state index < -0.39 is 5.97 Å². The SMILES string of the molecule is CC(C)c1c(C(=O)O)c(Cl)nc2cc(Cl)ccc12. The number of rotatable bonds is 2. The van der Waals surface area contributed by atoms with Gasteiger partial charge in [-0.05, 0) is 23.6 Å². The minimum absolute atomic E-state index is 0.000895. The topological polar surface area (TPSA) is 50.2 Å². The average molecular weight is 284 g/mol. The van der Waals surface area contributed by atoms with Crippen LogP contribution in [0.1, 0.15) is 35.7 Å². The summed E-state index contributed by atoms with van der Waals surface area (Å²) in [5.41, 5.74) is 1.37. The van der Waals surface area contributed by atoms with E-state index in [2.05, 4.69) is 4.98 Å². The van der Waals surface area contributed by atoms with Crippen molar-refractivity contribution in [1.82, 2.24) is 4.98 Å². The smallest absolute Gasteiger partial charge is 0.339 e. The maximum atomic E-state index is 11.3. The molecule has 0 saturated heterocycles. The number of nitrogens with zero attached hydrogens (tertiary/aromatic N) is 1. The van der Waals surface area contributed by atoms with Crippen LogP contribution in [0.4, 0.5) is 0 Å². The lowest BCUT2D eigenvalue weighted by molar-refractivity contribution is 0.0695. The van der Waals surface area contributed by atoms with Crippen molar-refractivity contribution >= 4 is 40.1 Å². The van der Waals surface area contributed by atoms with Crippen molar-refractivity contribution in [3.05, 3.63) is 39.5 Å². The molecule has 0 aliphatic carbocycles. The molecule has 1 heterocycles. The minimum atomic E-state index is -1.06. The summed E-state index contributed by atoms with van der Waals surface area (Å²) in [4.78, 5) is 15.4. The Labute approximate surface area is 114 Å². The molecule has 0 unspecified atom stereocenters. The number of aromatic nitrogens is 1. The number of carboxylic acid groups (broad SMARTS) is 1. The Morgan fingerprint density at radius 3 is 2.56 bits per heavy atom. The van der Waals surface area contributed by atoms with E-state index in [1.54, 1.807) is 18.2 Å². The summed E-state index contributed by atoms with van der Waals surface area (Å²) in [6.45, 7) is 3.85. The van der Waals surface area contributed by atoms with Crippen molar-refractivity contribution < 1.29 is 9.90 Å². The molecule has 0 amide bonds. The second-order valence-electron chi connectivity index (χ2n) is 4.31. The Hall–Kier alpha value is -1.32. The summed E-state index contributed by atoms with van der Waals surface area (Å²) in [5.74, 6) is -1.03. The van der Waals surface area contributed by atoms with Crippen LogP contribution < -0.4 is 0 Å². The van der Waals surface area contributed by atoms with Crippen molar-refractivity contribution in [2.45, 2.75) is 19.8 Å². The molecule has 1 N–H and O–H groups in total. The summed E-state index contributed by atoms with van der Waals surface area (Å²) in [5, 5.41) is 10.6. The predicted molar refractivity (Wildman–Crippen MR) is 72.8 cm³/mol. The molecule has 0 fully saturated rings. The van der Waals surface area contributed by atoms with Gasteiger partial charge in [0.1, 0.15) is 10.7 Å². The highest BCUT2D eigenvalue weighted by atomic mass is 35.5. The summed E-state index contributed by atoms with van der Waals surface area (Å²) in [6.07, 6.45) is 0. The van der Waals surface area contributed by atoms with E-state index >= 15 is 0 Å². The van der Waals surface area contributed by atoms with Crippen molar-refractivity contribution in [1.29, 1.82) is 0 Å². The van der Waals surface area contributed by atoms with Gasteiger partial charge in [0.2, 0.25) is 0 Å². The molecular formula is C13H11Cl2NO2. The van der Waals surface area contributed by atoms with Gasteiger partial charge in [-0.3, -0.25) is 0 Å². The molecule has 0 spiro atoms. The molecule has 0 saturated carbocycles. The average Bonchev–Trinajstić information content (AvgIpc) is 2.25. The molecule has 18 heavy (non-hydrogen) atoms. The van der Waals surface area contributed by atoms with Crippen LogP contribution in [-0.4, -0.2) is 16.1 Å². The first-order valence-corrected chi connectivity index (χ1v) is 6.19. The van der Waals surface area contributed by atoms with Crippen LogP contribution in [0.5, 0.6) is 0 Å². The summed E-state index contributed by atoms with van der Waals surface area (Å²) in [7, 11) is 0. The number of halogens is 2. The fraction of sp³-hybridized carbons (Fsp3) is 0.231. The van der Waals surface area contributed by atoms with Crippen LogP contribution in [0, 0.1) is 0 Å². The normalized spacial score (nSPS) is 11.2. The Morgan fingerprint density at radius 1 is 1.33 bits per heavy atom. The van der Waals surface area contributed by atoms with Crippen LogP contribution in [0.3, 0.4) is 0 Å². The van der Waals surface area contributed by atoms with Crippen LogP contribution in [-0.2, 0) is 0 Å². The van der Waals surface area contributed by atoms with Crippen LogP contribution in [0.15, 0.2) is 18.2 Å². The zero-order valence-corrected chi connectivity index (χ0v) is 11.4. The molecule has 0 radical (unpaired) electrons. The van der Waals surface area contributed by atoms with Crippen molar-refractivity contribution in [2.75, 3.05) is 0 Å². The molecule has 2 rings (SSSR count). The molecule has 0 aliphatic heterocycles. The van der Waals surface area contributed by atoms with Crippen molar-refractivity contribution in [3.63, 3.8) is 0 Å². The zero-order valence-electron chi connectivity index (χ0n) is 9.87. The van der Waals surface area contributed by atoms with E-state index in [1.165, 1.54) is 0 Å². The molecule has 3 nitrogen and oxygen atoms in total. The van der Waals surface area contributed by atoms with E-state index in [-0.39, 0.29) is 16.6 Å². The maximum Gasteiger partial charge on any atom is 0.339 e. The Kier molecular flexibility index (Phi) is 3.46. The Morgan fingerprint density at radius 2 is 2.00 bits per heavy atom. The number of carbonyl (C=O) groups is 1. The van der Waals surface area contributed by atoms with E-state index in [9.17, 15) is 9.90 Å². The van der Waals surface area contributed by atoms with Crippen LogP contribution in [0.2, 0.25) is 10.2 Å². The summed E-state index contributed by atoms with van der Waals surface area (Å²) >= 11 is 11.9. The highest BCUT2D eigenvalue weighted by molar-refractivity contribution is 6.33. The number of hydrogen-bond donors (Lipinski definition) is 1. The molecular weight excluding hydrogens is 273 g/mol. The van der Waals surface area contributed by atoms with E-state index in [4.69, 9.17) is 23.2 Å². The molecule has 5 heteroatoms. The van der Waals surface area contributed by atoms with Gasteiger partial charge < -0.3 is 5.11 Å². The van der Waals surface area contributed by atoms with Crippen LogP contribution in [0.25, 0.3) is 10.9 Å². The first-order chi connectivity index (χ1) is 8.41. The molecule has 0 atom stereocenters. The number of hydrogen-bond acceptors (Lipinski definition) is 2. The van der Waals surface area contributed by atoms with Crippen molar-refractivity contribution in [2.24, 2.45) is 0 Å². The quantitative estimate of drug-likeness (QED) is 0.833. The summed E-state index contributed by atoms with van der Waals surface area (Å²) in [6, 6.07) is 5.18. The lowest BCUT2D eigenvalue weighted by Gasteiger charge is -2.14. The van der Waals surface area contributed by atoms with Gasteiger partial charge in [-0.25, -0.2) is 9.78 Å². The molecule has 94 valence electrons. The number of pyridine rings is 1. The van der Waals surface area contributed by atoms with Gasteiger partial charge in [0.05, 0.1) is 5.52 Å².